The maximum absolute atomic E-state index is 12.4. The molecule has 2 N–H and O–H groups in total. The monoisotopic (exact) mass is 381 g/mol. The average molecular weight is 381 g/mol. The third-order valence-electron chi connectivity index (χ3n) is 4.64. The summed E-state index contributed by atoms with van der Waals surface area (Å²) in [7, 11) is 0. The lowest BCUT2D eigenvalue weighted by Gasteiger charge is -2.08. The van der Waals surface area contributed by atoms with Gasteiger partial charge in [0.05, 0.1) is 6.21 Å². The number of nitrogens with one attached hydrogen (secondary N) is 2. The van der Waals surface area contributed by atoms with E-state index in [4.69, 9.17) is 0 Å². The van der Waals surface area contributed by atoms with Gasteiger partial charge in [-0.25, -0.2) is 5.43 Å². The van der Waals surface area contributed by atoms with Crippen molar-refractivity contribution in [2.45, 2.75) is 6.92 Å². The molecule has 2 amide bonds. The van der Waals surface area contributed by atoms with Gasteiger partial charge in [-0.2, -0.15) is 5.10 Å². The van der Waals surface area contributed by atoms with E-state index in [1.807, 2.05) is 36.4 Å². The lowest BCUT2D eigenvalue weighted by molar-refractivity contribution is -0.114. The molecule has 0 fully saturated rings. The molecule has 0 saturated carbocycles. The molecule has 0 unspecified atom stereocenters. The largest absolute Gasteiger partial charge is 0.326 e. The number of nitrogens with zero attached hydrogens (tertiary/aromatic N) is 1. The van der Waals surface area contributed by atoms with Crippen molar-refractivity contribution in [2.24, 2.45) is 5.10 Å². The maximum Gasteiger partial charge on any atom is 0.271 e. The van der Waals surface area contributed by atoms with E-state index in [0.29, 0.717) is 11.3 Å². The molecule has 142 valence electrons. The van der Waals surface area contributed by atoms with Crippen LogP contribution in [0.2, 0.25) is 0 Å². The molecule has 0 aliphatic rings. The quantitative estimate of drug-likeness (QED) is 0.305. The zero-order valence-electron chi connectivity index (χ0n) is 15.8. The van der Waals surface area contributed by atoms with Crippen molar-refractivity contribution in [1.82, 2.24) is 5.43 Å². The number of rotatable bonds is 4. The normalized spacial score (nSPS) is 11.1. The summed E-state index contributed by atoms with van der Waals surface area (Å²) in [6.07, 6.45) is 1.69. The highest BCUT2D eigenvalue weighted by Crippen LogP contribution is 2.27. The number of fused-ring (bicyclic) bond motifs is 2. The third kappa shape index (κ3) is 3.99. The first-order chi connectivity index (χ1) is 14.1. The average Bonchev–Trinajstić information content (AvgIpc) is 2.73. The molecule has 0 aliphatic carbocycles. The summed E-state index contributed by atoms with van der Waals surface area (Å²) < 4.78 is 0. The van der Waals surface area contributed by atoms with E-state index in [1.165, 1.54) is 6.92 Å². The Labute approximate surface area is 168 Å². The smallest absolute Gasteiger partial charge is 0.271 e. The second-order valence-electron chi connectivity index (χ2n) is 6.69. The predicted octanol–water partition coefficient (Wildman–Crippen LogP) is 4.72. The molecule has 0 atom stereocenters. The highest BCUT2D eigenvalue weighted by molar-refractivity contribution is 6.13. The van der Waals surface area contributed by atoms with E-state index in [9.17, 15) is 9.59 Å². The van der Waals surface area contributed by atoms with Gasteiger partial charge in [0, 0.05) is 23.7 Å². The van der Waals surface area contributed by atoms with E-state index in [-0.39, 0.29) is 11.8 Å². The molecule has 4 aromatic carbocycles. The number of benzene rings is 4. The third-order valence-corrected chi connectivity index (χ3v) is 4.64. The van der Waals surface area contributed by atoms with Crippen LogP contribution >= 0.6 is 0 Å². The van der Waals surface area contributed by atoms with Crippen LogP contribution < -0.4 is 10.7 Å². The number of hydrazone groups is 1. The van der Waals surface area contributed by atoms with E-state index < -0.39 is 0 Å². The number of amides is 2. The SMILES string of the molecule is CC(=O)Nc1ccc(C(=O)N/N=C\c2c3ccccc3cc3ccccc23)cc1. The minimum absolute atomic E-state index is 0.158. The van der Waals surface area contributed by atoms with Crippen molar-refractivity contribution in [3.63, 3.8) is 0 Å². The fourth-order valence-corrected chi connectivity index (χ4v) is 3.32. The molecule has 4 rings (SSSR count). The highest BCUT2D eigenvalue weighted by Gasteiger charge is 2.07. The Kier molecular flexibility index (Phi) is 5.03. The van der Waals surface area contributed by atoms with Crippen LogP contribution in [0.5, 0.6) is 0 Å². The van der Waals surface area contributed by atoms with Crippen LogP contribution in [0.25, 0.3) is 21.5 Å². The molecule has 29 heavy (non-hydrogen) atoms. The van der Waals surface area contributed by atoms with E-state index in [0.717, 1.165) is 27.1 Å². The summed E-state index contributed by atoms with van der Waals surface area (Å²) in [5.74, 6) is -0.478. The van der Waals surface area contributed by atoms with Crippen LogP contribution in [-0.2, 0) is 4.79 Å². The van der Waals surface area contributed by atoms with Crippen LogP contribution in [0.3, 0.4) is 0 Å². The molecular weight excluding hydrogens is 362 g/mol. The number of anilines is 1. The Bertz CT molecular complexity index is 1190. The maximum atomic E-state index is 12.4. The zero-order chi connectivity index (χ0) is 20.2. The fraction of sp³-hybridized carbons (Fsp3) is 0.0417. The molecule has 0 bridgehead atoms. The topological polar surface area (TPSA) is 70.6 Å². The van der Waals surface area contributed by atoms with Crippen LogP contribution in [0, 0.1) is 0 Å². The first kappa shape index (κ1) is 18.4. The van der Waals surface area contributed by atoms with Crippen molar-refractivity contribution in [2.75, 3.05) is 5.32 Å². The Morgan fingerprint density at radius 3 is 2.00 bits per heavy atom. The molecule has 0 radical (unpaired) electrons. The van der Waals surface area contributed by atoms with Gasteiger partial charge in [-0.1, -0.05) is 48.5 Å². The van der Waals surface area contributed by atoms with Crippen LogP contribution in [0.1, 0.15) is 22.8 Å². The Balaban J connectivity index is 1.59. The minimum atomic E-state index is -0.319. The van der Waals surface area contributed by atoms with Gasteiger partial charge < -0.3 is 5.32 Å². The highest BCUT2D eigenvalue weighted by atomic mass is 16.2. The Morgan fingerprint density at radius 2 is 1.41 bits per heavy atom. The lowest BCUT2D eigenvalue weighted by atomic mass is 9.97. The molecule has 0 aliphatic heterocycles. The first-order valence-electron chi connectivity index (χ1n) is 9.23. The van der Waals surface area contributed by atoms with Crippen molar-refractivity contribution in [3.8, 4) is 0 Å². The van der Waals surface area contributed by atoms with Crippen molar-refractivity contribution in [1.29, 1.82) is 0 Å². The van der Waals surface area contributed by atoms with Crippen molar-refractivity contribution in [3.05, 3.63) is 90.0 Å². The van der Waals surface area contributed by atoms with Crippen molar-refractivity contribution >= 4 is 45.3 Å². The van der Waals surface area contributed by atoms with Gasteiger partial charge in [-0.15, -0.1) is 0 Å². The summed E-state index contributed by atoms with van der Waals surface area (Å²) in [6, 6.07) is 25.0. The fourth-order valence-electron chi connectivity index (χ4n) is 3.32. The molecule has 5 nitrogen and oxygen atoms in total. The van der Waals surface area contributed by atoms with Crippen LogP contribution in [-0.4, -0.2) is 18.0 Å². The second kappa shape index (κ2) is 7.94. The molecule has 0 aromatic heterocycles. The summed E-state index contributed by atoms with van der Waals surface area (Å²) in [5.41, 5.74) is 4.63. The summed E-state index contributed by atoms with van der Waals surface area (Å²) in [6.45, 7) is 1.44. The van der Waals surface area contributed by atoms with Crippen LogP contribution in [0.4, 0.5) is 5.69 Å². The van der Waals surface area contributed by atoms with E-state index in [1.54, 1.807) is 30.5 Å². The van der Waals surface area contributed by atoms with E-state index >= 15 is 0 Å². The van der Waals surface area contributed by atoms with Gasteiger partial charge in [-0.3, -0.25) is 9.59 Å². The van der Waals surface area contributed by atoms with Gasteiger partial charge in [0.2, 0.25) is 5.91 Å². The number of carbonyl (C=O) groups excluding carboxylic acids is 2. The van der Waals surface area contributed by atoms with Crippen LogP contribution in [0.15, 0.2) is 84.0 Å². The second-order valence-corrected chi connectivity index (χ2v) is 6.69. The van der Waals surface area contributed by atoms with Gasteiger partial charge in [-0.05, 0) is 51.9 Å². The first-order valence-corrected chi connectivity index (χ1v) is 9.23. The molecule has 5 heteroatoms. The standard InChI is InChI=1S/C24H19N3O2/c1-16(28)26-20-12-10-17(11-13-20)24(29)27-25-15-23-21-8-4-2-6-18(21)14-19-7-3-5-9-22(19)23/h2-15H,1H3,(H,26,28)(H,27,29)/b25-15-. The minimum Gasteiger partial charge on any atom is -0.326 e. The van der Waals surface area contributed by atoms with Gasteiger partial charge >= 0.3 is 0 Å². The van der Waals surface area contributed by atoms with E-state index in [2.05, 4.69) is 34.0 Å². The number of hydrogen-bond donors (Lipinski definition) is 2. The van der Waals surface area contributed by atoms with Gasteiger partial charge in [0.25, 0.3) is 5.91 Å². The Morgan fingerprint density at radius 1 is 0.828 bits per heavy atom. The van der Waals surface area contributed by atoms with Gasteiger partial charge in [0.1, 0.15) is 0 Å². The van der Waals surface area contributed by atoms with Crippen molar-refractivity contribution < 1.29 is 9.59 Å². The molecule has 4 aromatic rings. The Hall–Kier alpha value is -3.99. The summed E-state index contributed by atoms with van der Waals surface area (Å²) in [5, 5.41) is 11.2. The van der Waals surface area contributed by atoms with Gasteiger partial charge in [0.15, 0.2) is 0 Å². The summed E-state index contributed by atoms with van der Waals surface area (Å²) in [4.78, 5) is 23.5. The summed E-state index contributed by atoms with van der Waals surface area (Å²) >= 11 is 0. The molecule has 0 spiro atoms. The predicted molar refractivity (Wildman–Crippen MR) is 117 cm³/mol. The molecule has 0 heterocycles. The number of hydrogen-bond acceptors (Lipinski definition) is 3. The molecular formula is C24H19N3O2. The number of carbonyl (C=O) groups is 2. The zero-order valence-corrected chi connectivity index (χ0v) is 15.8. The lowest BCUT2D eigenvalue weighted by Crippen LogP contribution is -2.17. The molecule has 0 saturated heterocycles.